The molecule has 1 aromatic heterocycles. The number of carbonyl (C=O) groups excluding carboxylic acids is 2. The maximum Gasteiger partial charge on any atom is 0.267 e. The first-order valence-corrected chi connectivity index (χ1v) is 9.03. The molecule has 2 aromatic carbocycles. The highest BCUT2D eigenvalue weighted by atomic mass is 16.5. The lowest BCUT2D eigenvalue weighted by Crippen LogP contribution is -2.54. The zero-order chi connectivity index (χ0) is 21.5. The van der Waals surface area contributed by atoms with Crippen molar-refractivity contribution in [3.63, 3.8) is 0 Å². The van der Waals surface area contributed by atoms with Gasteiger partial charge in [0.2, 0.25) is 0 Å². The summed E-state index contributed by atoms with van der Waals surface area (Å²) in [6.07, 6.45) is 1.73. The number of carbonyl (C=O) groups is 2. The van der Waals surface area contributed by atoms with Crippen LogP contribution in [0.1, 0.15) is 28.4 Å². The van der Waals surface area contributed by atoms with Gasteiger partial charge in [0, 0.05) is 28.1 Å². The maximum atomic E-state index is 12.3. The van der Waals surface area contributed by atoms with Gasteiger partial charge in [0.25, 0.3) is 11.8 Å². The van der Waals surface area contributed by atoms with E-state index in [0.29, 0.717) is 11.1 Å². The minimum atomic E-state index is -1.06. The van der Waals surface area contributed by atoms with Crippen molar-refractivity contribution in [2.24, 2.45) is 5.73 Å². The van der Waals surface area contributed by atoms with Gasteiger partial charge in [-0.05, 0) is 61.2 Å². The molecule has 0 saturated carbocycles. The third kappa shape index (κ3) is 5.03. The minimum absolute atomic E-state index is 0.330. The number of hydrogen-bond donors (Lipinski definition) is 5. The van der Waals surface area contributed by atoms with Crippen LogP contribution in [-0.4, -0.2) is 39.3 Å². The summed E-state index contributed by atoms with van der Waals surface area (Å²) in [5, 5.41) is 19.1. The van der Waals surface area contributed by atoms with Gasteiger partial charge in [-0.2, -0.15) is 5.10 Å². The number of hydroxylamine groups is 1. The van der Waals surface area contributed by atoms with E-state index in [1.807, 2.05) is 18.2 Å². The monoisotopic (exact) mass is 401 g/mol. The molecule has 0 aliphatic rings. The molecule has 2 atom stereocenters. The summed E-state index contributed by atoms with van der Waals surface area (Å²) < 4.78 is 0. The van der Waals surface area contributed by atoms with E-state index in [-0.39, 0.29) is 0 Å². The SMILES string of the molecule is C[C@@H](N)[C@H](NC(=O)c1ccc(C#CC#Cc2ccc3[nH]ncc3c2)cc1)C(=O)NO. The van der Waals surface area contributed by atoms with Gasteiger partial charge in [0.15, 0.2) is 0 Å². The molecule has 1 heterocycles. The van der Waals surface area contributed by atoms with Crippen molar-refractivity contribution in [1.82, 2.24) is 21.0 Å². The molecule has 0 bridgehead atoms. The Labute approximate surface area is 172 Å². The lowest BCUT2D eigenvalue weighted by Gasteiger charge is -2.19. The van der Waals surface area contributed by atoms with Gasteiger partial charge >= 0.3 is 0 Å². The van der Waals surface area contributed by atoms with E-state index in [0.717, 1.165) is 16.5 Å². The van der Waals surface area contributed by atoms with E-state index in [2.05, 4.69) is 39.2 Å². The summed E-state index contributed by atoms with van der Waals surface area (Å²) in [6.45, 7) is 1.55. The van der Waals surface area contributed by atoms with Gasteiger partial charge in [-0.15, -0.1) is 0 Å². The summed E-state index contributed by atoms with van der Waals surface area (Å²) >= 11 is 0. The standard InChI is InChI=1S/C22H19N5O3/c1-14(23)20(22(29)27-30)25-21(28)17-9-6-15(7-10-17)4-2-3-5-16-8-11-19-18(12-16)13-24-26-19/h6-14,20,30H,23H2,1H3,(H,24,26)(H,25,28)(H,27,29)/t14-,20+/m1/s1. The minimum Gasteiger partial charge on any atom is -0.339 e. The third-order valence-electron chi connectivity index (χ3n) is 4.27. The summed E-state index contributed by atoms with van der Waals surface area (Å²) in [7, 11) is 0. The predicted octanol–water partition coefficient (Wildman–Crippen LogP) is 0.917. The fourth-order valence-electron chi connectivity index (χ4n) is 2.66. The molecule has 8 nitrogen and oxygen atoms in total. The smallest absolute Gasteiger partial charge is 0.267 e. The summed E-state index contributed by atoms with van der Waals surface area (Å²) in [5.41, 5.74) is 9.96. The molecular weight excluding hydrogens is 382 g/mol. The molecule has 3 rings (SSSR count). The van der Waals surface area contributed by atoms with Gasteiger partial charge in [-0.1, -0.05) is 11.8 Å². The summed E-state index contributed by atoms with van der Waals surface area (Å²) in [4.78, 5) is 23.9. The number of aromatic nitrogens is 2. The number of nitrogens with one attached hydrogen (secondary N) is 3. The maximum absolute atomic E-state index is 12.3. The molecule has 2 amide bonds. The Morgan fingerprint density at radius 1 is 1.10 bits per heavy atom. The van der Waals surface area contributed by atoms with Crippen LogP contribution in [0.4, 0.5) is 0 Å². The Balaban J connectivity index is 1.65. The highest BCUT2D eigenvalue weighted by Crippen LogP contribution is 2.11. The third-order valence-corrected chi connectivity index (χ3v) is 4.27. The van der Waals surface area contributed by atoms with Gasteiger partial charge in [0.1, 0.15) is 6.04 Å². The molecule has 8 heteroatoms. The quantitative estimate of drug-likeness (QED) is 0.252. The van der Waals surface area contributed by atoms with Gasteiger partial charge in [-0.25, -0.2) is 5.48 Å². The average molecular weight is 401 g/mol. The molecule has 6 N–H and O–H groups in total. The van der Waals surface area contributed by atoms with Crippen molar-refractivity contribution in [3.8, 4) is 23.7 Å². The van der Waals surface area contributed by atoms with Crippen molar-refractivity contribution in [1.29, 1.82) is 0 Å². The number of amides is 2. The van der Waals surface area contributed by atoms with E-state index >= 15 is 0 Å². The van der Waals surface area contributed by atoms with Gasteiger partial charge in [-0.3, -0.25) is 19.9 Å². The van der Waals surface area contributed by atoms with Crippen LogP contribution in [0.2, 0.25) is 0 Å². The van der Waals surface area contributed by atoms with Crippen molar-refractivity contribution in [3.05, 3.63) is 65.4 Å². The number of hydrogen-bond acceptors (Lipinski definition) is 5. The first-order chi connectivity index (χ1) is 14.5. The van der Waals surface area contributed by atoms with Crippen LogP contribution >= 0.6 is 0 Å². The lowest BCUT2D eigenvalue weighted by atomic mass is 10.1. The first-order valence-electron chi connectivity index (χ1n) is 9.03. The Morgan fingerprint density at radius 3 is 2.43 bits per heavy atom. The summed E-state index contributed by atoms with van der Waals surface area (Å²) in [5.74, 6) is 10.2. The average Bonchev–Trinajstić information content (AvgIpc) is 3.22. The van der Waals surface area contributed by atoms with Crippen molar-refractivity contribution in [2.45, 2.75) is 19.0 Å². The van der Waals surface area contributed by atoms with Crippen molar-refractivity contribution >= 4 is 22.7 Å². The molecule has 30 heavy (non-hydrogen) atoms. The van der Waals surface area contributed by atoms with Crippen LogP contribution in [0.5, 0.6) is 0 Å². The molecule has 150 valence electrons. The fourth-order valence-corrected chi connectivity index (χ4v) is 2.66. The van der Waals surface area contributed by atoms with Crippen molar-refractivity contribution in [2.75, 3.05) is 0 Å². The van der Waals surface area contributed by atoms with Crippen LogP contribution in [0, 0.1) is 23.7 Å². The van der Waals surface area contributed by atoms with E-state index in [4.69, 9.17) is 10.9 Å². The second-order valence-electron chi connectivity index (χ2n) is 6.54. The second kappa shape index (κ2) is 9.39. The zero-order valence-electron chi connectivity index (χ0n) is 16.1. The van der Waals surface area contributed by atoms with Crippen LogP contribution in [0.3, 0.4) is 0 Å². The molecule has 0 radical (unpaired) electrons. The molecule has 0 spiro atoms. The molecule has 3 aromatic rings. The lowest BCUT2D eigenvalue weighted by molar-refractivity contribution is -0.131. The fraction of sp³-hybridized carbons (Fsp3) is 0.136. The van der Waals surface area contributed by atoms with E-state index < -0.39 is 23.9 Å². The van der Waals surface area contributed by atoms with Gasteiger partial charge < -0.3 is 11.1 Å². The number of nitrogens with zero attached hydrogens (tertiary/aromatic N) is 1. The highest BCUT2D eigenvalue weighted by Gasteiger charge is 2.24. The van der Waals surface area contributed by atoms with Crippen LogP contribution in [0.15, 0.2) is 48.7 Å². The first kappa shape index (κ1) is 20.6. The van der Waals surface area contributed by atoms with Crippen molar-refractivity contribution < 1.29 is 14.8 Å². The number of nitrogens with two attached hydrogens (primary N) is 1. The van der Waals surface area contributed by atoms with Gasteiger partial charge in [0.05, 0.1) is 11.7 Å². The summed E-state index contributed by atoms with van der Waals surface area (Å²) in [6, 6.07) is 10.5. The number of aromatic amines is 1. The molecule has 0 aliphatic heterocycles. The largest absolute Gasteiger partial charge is 0.339 e. The van der Waals surface area contributed by atoms with Crippen LogP contribution < -0.4 is 16.5 Å². The van der Waals surface area contributed by atoms with Crippen LogP contribution in [0.25, 0.3) is 10.9 Å². The molecule has 0 unspecified atom stereocenters. The second-order valence-corrected chi connectivity index (χ2v) is 6.54. The highest BCUT2D eigenvalue weighted by molar-refractivity contribution is 5.97. The Hall–Kier alpha value is -4.11. The topological polar surface area (TPSA) is 133 Å². The van der Waals surface area contributed by atoms with Crippen LogP contribution in [-0.2, 0) is 4.79 Å². The number of H-pyrrole nitrogens is 1. The van der Waals surface area contributed by atoms with E-state index in [1.165, 1.54) is 5.48 Å². The molecule has 0 saturated heterocycles. The zero-order valence-corrected chi connectivity index (χ0v) is 16.1. The Morgan fingerprint density at radius 2 is 1.77 bits per heavy atom. The molecule has 0 fully saturated rings. The van der Waals surface area contributed by atoms with E-state index in [9.17, 15) is 9.59 Å². The normalized spacial score (nSPS) is 12.0. The Bertz CT molecular complexity index is 1190. The van der Waals surface area contributed by atoms with E-state index in [1.54, 1.807) is 37.4 Å². The Kier molecular flexibility index (Phi) is 6.46. The number of benzene rings is 2. The number of fused-ring (bicyclic) bond motifs is 1. The molecular formula is C22H19N5O3. The number of rotatable bonds is 4. The molecule has 0 aliphatic carbocycles. The predicted molar refractivity (Wildman–Crippen MR) is 111 cm³/mol.